The van der Waals surface area contributed by atoms with Crippen molar-refractivity contribution in [2.45, 2.75) is 50.3 Å². The van der Waals surface area contributed by atoms with Gasteiger partial charge in [-0.05, 0) is 99.1 Å². The second-order valence-electron chi connectivity index (χ2n) is 7.77. The zero-order valence-electron chi connectivity index (χ0n) is 11.6. The molecule has 1 heterocycles. The first-order valence-electron chi connectivity index (χ1n) is 7.48. The van der Waals surface area contributed by atoms with Crippen molar-refractivity contribution in [3.05, 3.63) is 19.2 Å². The molecule has 0 spiro atoms. The maximum absolute atomic E-state index is 4.11. The molecule has 0 saturated heterocycles. The van der Waals surface area contributed by atoms with Gasteiger partial charge >= 0.3 is 0 Å². The van der Waals surface area contributed by atoms with E-state index in [0.717, 1.165) is 11.8 Å². The molecule has 4 heteroatoms. The molecule has 0 aliphatic heterocycles. The fourth-order valence-corrected chi connectivity index (χ4v) is 9.04. The molecule has 3 atom stereocenters. The van der Waals surface area contributed by atoms with Crippen LogP contribution in [0.3, 0.4) is 0 Å². The third-order valence-corrected chi connectivity index (χ3v) is 10.9. The fourth-order valence-electron chi connectivity index (χ4n) is 5.88. The van der Waals surface area contributed by atoms with Crippen LogP contribution < -0.4 is 0 Å². The molecule has 0 nitrogen and oxygen atoms in total. The molecular weight excluding hydrogens is 464 g/mol. The number of hydrogen-bond acceptors (Lipinski definition) is 1. The summed E-state index contributed by atoms with van der Waals surface area (Å²) < 4.78 is 2.44. The number of halogens is 3. The van der Waals surface area contributed by atoms with E-state index in [2.05, 4.69) is 60.8 Å². The minimum Gasteiger partial charge on any atom is -0.131 e. The highest BCUT2D eigenvalue weighted by Gasteiger charge is 2.58. The van der Waals surface area contributed by atoms with Gasteiger partial charge in [-0.1, -0.05) is 22.9 Å². The highest BCUT2D eigenvalue weighted by Crippen LogP contribution is 2.70. The summed E-state index contributed by atoms with van der Waals surface area (Å²) in [7, 11) is 0. The van der Waals surface area contributed by atoms with Crippen molar-refractivity contribution in [3.63, 3.8) is 0 Å². The van der Waals surface area contributed by atoms with Crippen molar-refractivity contribution >= 4 is 59.1 Å². The van der Waals surface area contributed by atoms with Crippen LogP contribution in [0.15, 0.2) is 14.3 Å². The van der Waals surface area contributed by atoms with Gasteiger partial charge in [0.2, 0.25) is 0 Å². The molecule has 0 aromatic carbocycles. The van der Waals surface area contributed by atoms with E-state index in [1.54, 1.807) is 0 Å². The van der Waals surface area contributed by atoms with Gasteiger partial charge in [0.15, 0.2) is 0 Å². The monoisotopic (exact) mass is 480 g/mol. The fraction of sp³-hybridized carbons (Fsp3) is 0.750. The SMILES string of the molecule is CC12CC3CC(C1)CC(C(Br)c1cc(Br)c(Br)s1)(C3)C2. The Morgan fingerprint density at radius 3 is 2.35 bits per heavy atom. The molecule has 0 N–H and O–H groups in total. The first kappa shape index (κ1) is 14.7. The van der Waals surface area contributed by atoms with Gasteiger partial charge in [-0.3, -0.25) is 0 Å². The molecule has 1 aromatic rings. The number of thiophene rings is 1. The number of hydrogen-bond donors (Lipinski definition) is 0. The smallest absolute Gasteiger partial charge is 0.0843 e. The minimum atomic E-state index is 0.516. The van der Waals surface area contributed by atoms with Crippen LogP contribution in [0.1, 0.15) is 55.2 Å². The Morgan fingerprint density at radius 1 is 1.20 bits per heavy atom. The summed E-state index contributed by atoms with van der Waals surface area (Å²) >= 11 is 13.3. The van der Waals surface area contributed by atoms with Crippen LogP contribution in [0.4, 0.5) is 0 Å². The molecule has 4 aliphatic carbocycles. The molecule has 110 valence electrons. The van der Waals surface area contributed by atoms with Crippen LogP contribution in [-0.2, 0) is 0 Å². The lowest BCUT2D eigenvalue weighted by Crippen LogP contribution is -2.52. The second kappa shape index (κ2) is 4.82. The Hall–Kier alpha value is 1.14. The van der Waals surface area contributed by atoms with Crippen molar-refractivity contribution in [1.82, 2.24) is 0 Å². The highest BCUT2D eigenvalue weighted by atomic mass is 79.9. The molecule has 1 aromatic heterocycles. The Morgan fingerprint density at radius 2 is 1.85 bits per heavy atom. The summed E-state index contributed by atoms with van der Waals surface area (Å²) in [5, 5.41) is 0. The predicted molar refractivity (Wildman–Crippen MR) is 96.6 cm³/mol. The molecule has 4 fully saturated rings. The van der Waals surface area contributed by atoms with Crippen LogP contribution in [0.5, 0.6) is 0 Å². The largest absolute Gasteiger partial charge is 0.131 e. The summed E-state index contributed by atoms with van der Waals surface area (Å²) in [6, 6.07) is 2.31. The van der Waals surface area contributed by atoms with E-state index in [1.807, 2.05) is 11.3 Å². The lowest BCUT2D eigenvalue weighted by molar-refractivity contribution is -0.101. The van der Waals surface area contributed by atoms with Gasteiger partial charge in [0, 0.05) is 9.35 Å². The lowest BCUT2D eigenvalue weighted by Gasteiger charge is -2.62. The molecule has 3 unspecified atom stereocenters. The Labute approximate surface area is 150 Å². The zero-order valence-corrected chi connectivity index (χ0v) is 17.2. The van der Waals surface area contributed by atoms with Crippen molar-refractivity contribution < 1.29 is 0 Å². The van der Waals surface area contributed by atoms with Crippen molar-refractivity contribution in [2.75, 3.05) is 0 Å². The van der Waals surface area contributed by atoms with Crippen LogP contribution in [0.25, 0.3) is 0 Å². The molecule has 0 amide bonds. The number of alkyl halides is 1. The van der Waals surface area contributed by atoms with Crippen LogP contribution in [-0.4, -0.2) is 0 Å². The van der Waals surface area contributed by atoms with Gasteiger partial charge in [-0.25, -0.2) is 0 Å². The van der Waals surface area contributed by atoms with E-state index in [1.165, 1.54) is 51.7 Å². The van der Waals surface area contributed by atoms with E-state index < -0.39 is 0 Å². The Bertz CT molecular complexity index is 516. The number of rotatable bonds is 2. The summed E-state index contributed by atoms with van der Waals surface area (Å²) in [6.07, 6.45) is 8.81. The van der Waals surface area contributed by atoms with E-state index in [4.69, 9.17) is 0 Å². The van der Waals surface area contributed by atoms with Crippen molar-refractivity contribution in [1.29, 1.82) is 0 Å². The Kier molecular flexibility index (Phi) is 3.54. The third kappa shape index (κ3) is 2.23. The maximum atomic E-state index is 4.11. The first-order chi connectivity index (χ1) is 9.39. The summed E-state index contributed by atoms with van der Waals surface area (Å²) in [5.41, 5.74) is 1.14. The lowest BCUT2D eigenvalue weighted by atomic mass is 9.44. The van der Waals surface area contributed by atoms with Gasteiger partial charge in [0.25, 0.3) is 0 Å². The van der Waals surface area contributed by atoms with Gasteiger partial charge < -0.3 is 0 Å². The predicted octanol–water partition coefficient (Wildman–Crippen LogP) is 7.32. The molecule has 4 saturated carbocycles. The molecule has 4 bridgehead atoms. The van der Waals surface area contributed by atoms with Gasteiger partial charge in [0.05, 0.1) is 8.61 Å². The third-order valence-electron chi connectivity index (χ3n) is 5.85. The van der Waals surface area contributed by atoms with Gasteiger partial charge in [-0.15, -0.1) is 11.3 Å². The normalized spacial score (nSPS) is 44.0. The molecule has 20 heavy (non-hydrogen) atoms. The molecule has 0 radical (unpaired) electrons. The van der Waals surface area contributed by atoms with E-state index in [9.17, 15) is 0 Å². The van der Waals surface area contributed by atoms with Crippen molar-refractivity contribution in [2.24, 2.45) is 22.7 Å². The van der Waals surface area contributed by atoms with Crippen molar-refractivity contribution in [3.8, 4) is 0 Å². The maximum Gasteiger partial charge on any atom is 0.0843 e. The van der Waals surface area contributed by atoms with Gasteiger partial charge in [-0.2, -0.15) is 0 Å². The average molecular weight is 483 g/mol. The van der Waals surface area contributed by atoms with E-state index in [0.29, 0.717) is 15.7 Å². The topological polar surface area (TPSA) is 0 Å². The molecule has 4 aliphatic rings. The van der Waals surface area contributed by atoms with Crippen LogP contribution in [0, 0.1) is 22.7 Å². The summed E-state index contributed by atoms with van der Waals surface area (Å²) in [4.78, 5) is 2.03. The standard InChI is InChI=1S/C16H19Br3S/c1-15-4-9-2-10(5-15)7-16(6-9,8-15)13(18)12-3-11(17)14(19)20-12/h3,9-10,13H,2,4-8H2,1H3. The minimum absolute atomic E-state index is 0.516. The molecular formula is C16H19Br3S. The highest BCUT2D eigenvalue weighted by molar-refractivity contribution is 9.13. The average Bonchev–Trinajstić information content (AvgIpc) is 2.65. The molecule has 5 rings (SSSR count). The van der Waals surface area contributed by atoms with E-state index >= 15 is 0 Å². The second-order valence-corrected chi connectivity index (χ2v) is 11.9. The summed E-state index contributed by atoms with van der Waals surface area (Å²) in [6.45, 7) is 2.55. The Balaban J connectivity index is 1.70. The first-order valence-corrected chi connectivity index (χ1v) is 10.8. The van der Waals surface area contributed by atoms with Crippen LogP contribution >= 0.6 is 59.1 Å². The van der Waals surface area contributed by atoms with Gasteiger partial charge in [0.1, 0.15) is 0 Å². The zero-order chi connectivity index (χ0) is 14.1. The summed E-state index contributed by atoms with van der Waals surface area (Å²) in [5.74, 6) is 1.99. The van der Waals surface area contributed by atoms with Crippen LogP contribution in [0.2, 0.25) is 0 Å². The van der Waals surface area contributed by atoms with E-state index in [-0.39, 0.29) is 0 Å². The quantitative estimate of drug-likeness (QED) is 0.387.